The molecular formula is C6H5BrN2O2. The second-order valence-corrected chi connectivity index (χ2v) is 2.58. The number of ether oxygens (including phenoxy) is 1. The Bertz CT molecular complexity index is 237. The molecule has 0 bridgehead atoms. The predicted octanol–water partition coefficient (Wildman–Crippen LogP) is 0.817. The van der Waals surface area contributed by atoms with E-state index in [-0.39, 0.29) is 12.6 Å². The molecule has 0 fully saturated rings. The fourth-order valence-corrected chi connectivity index (χ4v) is 0.688. The molecule has 0 radical (unpaired) electrons. The van der Waals surface area contributed by atoms with Gasteiger partial charge in [0.25, 0.3) is 0 Å². The van der Waals surface area contributed by atoms with Gasteiger partial charge in [0.1, 0.15) is 6.61 Å². The third kappa shape index (κ3) is 2.63. The Labute approximate surface area is 71.7 Å². The molecule has 11 heavy (non-hydrogen) atoms. The van der Waals surface area contributed by atoms with Gasteiger partial charge in [0.15, 0.2) is 6.29 Å². The summed E-state index contributed by atoms with van der Waals surface area (Å²) in [4.78, 5) is 17.4. The summed E-state index contributed by atoms with van der Waals surface area (Å²) < 4.78 is 5.57. The van der Waals surface area contributed by atoms with Crippen LogP contribution in [-0.2, 0) is 4.79 Å². The first-order valence-electron chi connectivity index (χ1n) is 2.87. The Morgan fingerprint density at radius 2 is 2.18 bits per heavy atom. The number of hydrogen-bond donors (Lipinski definition) is 0. The van der Waals surface area contributed by atoms with Crippen molar-refractivity contribution in [1.82, 2.24) is 9.97 Å². The lowest BCUT2D eigenvalue weighted by Gasteiger charge is -1.97. The summed E-state index contributed by atoms with van der Waals surface area (Å²) in [5, 5.41) is 0. The van der Waals surface area contributed by atoms with Crippen LogP contribution in [0, 0.1) is 0 Å². The van der Waals surface area contributed by atoms with Gasteiger partial charge in [0.2, 0.25) is 0 Å². The van der Waals surface area contributed by atoms with Gasteiger partial charge in [-0.15, -0.1) is 0 Å². The van der Waals surface area contributed by atoms with Crippen LogP contribution in [0.5, 0.6) is 6.01 Å². The number of aromatic nitrogens is 2. The zero-order valence-corrected chi connectivity index (χ0v) is 7.11. The summed E-state index contributed by atoms with van der Waals surface area (Å²) >= 11 is 3.16. The van der Waals surface area contributed by atoms with Crippen LogP contribution in [-0.4, -0.2) is 22.9 Å². The number of aldehydes is 1. The number of carbonyl (C=O) groups is 1. The van der Waals surface area contributed by atoms with Gasteiger partial charge < -0.3 is 4.74 Å². The lowest BCUT2D eigenvalue weighted by atomic mass is 10.7. The molecule has 1 aromatic rings. The molecule has 0 amide bonds. The highest BCUT2D eigenvalue weighted by molar-refractivity contribution is 9.10. The lowest BCUT2D eigenvalue weighted by molar-refractivity contribution is -0.109. The van der Waals surface area contributed by atoms with Crippen LogP contribution < -0.4 is 4.74 Å². The third-order valence-electron chi connectivity index (χ3n) is 0.877. The zero-order chi connectivity index (χ0) is 8.10. The minimum atomic E-state index is -0.0123. The highest BCUT2D eigenvalue weighted by Gasteiger charge is 1.94. The topological polar surface area (TPSA) is 52.1 Å². The van der Waals surface area contributed by atoms with Crippen molar-refractivity contribution in [2.75, 3.05) is 6.61 Å². The maximum absolute atomic E-state index is 9.86. The maximum atomic E-state index is 9.86. The number of rotatable bonds is 3. The number of nitrogens with zero attached hydrogens (tertiary/aromatic N) is 2. The van der Waals surface area contributed by atoms with Gasteiger partial charge in [0, 0.05) is 12.4 Å². The molecule has 0 saturated carbocycles. The molecule has 0 atom stereocenters. The summed E-state index contributed by atoms with van der Waals surface area (Å²) in [5.74, 6) is 0. The Morgan fingerprint density at radius 1 is 1.55 bits per heavy atom. The first kappa shape index (κ1) is 8.13. The Kier molecular flexibility index (Phi) is 2.97. The van der Waals surface area contributed by atoms with Crippen LogP contribution in [0.1, 0.15) is 0 Å². The van der Waals surface area contributed by atoms with E-state index in [1.165, 1.54) is 0 Å². The average Bonchev–Trinajstić information content (AvgIpc) is 2.04. The Balaban J connectivity index is 2.58. The molecule has 1 aromatic heterocycles. The number of hydrogen-bond acceptors (Lipinski definition) is 4. The van der Waals surface area contributed by atoms with E-state index in [4.69, 9.17) is 4.74 Å². The first-order valence-corrected chi connectivity index (χ1v) is 3.66. The van der Waals surface area contributed by atoms with E-state index in [0.717, 1.165) is 4.47 Å². The summed E-state index contributed by atoms with van der Waals surface area (Å²) in [5.41, 5.74) is 0. The van der Waals surface area contributed by atoms with Crippen molar-refractivity contribution >= 4 is 22.2 Å². The quantitative estimate of drug-likeness (QED) is 0.703. The number of halogens is 1. The summed E-state index contributed by atoms with van der Waals surface area (Å²) in [6.45, 7) is -0.0123. The molecule has 1 heterocycles. The SMILES string of the molecule is O=CCOc1ncc(Br)cn1. The monoisotopic (exact) mass is 216 g/mol. The second-order valence-electron chi connectivity index (χ2n) is 1.66. The van der Waals surface area contributed by atoms with Crippen molar-refractivity contribution in [3.63, 3.8) is 0 Å². The minimum absolute atomic E-state index is 0.0123. The van der Waals surface area contributed by atoms with Crippen LogP contribution in [0.25, 0.3) is 0 Å². The van der Waals surface area contributed by atoms with Gasteiger partial charge in [-0.1, -0.05) is 0 Å². The molecule has 0 N–H and O–H groups in total. The van der Waals surface area contributed by atoms with Gasteiger partial charge in [-0.3, -0.25) is 4.79 Å². The fourth-order valence-electron chi connectivity index (χ4n) is 0.484. The summed E-state index contributed by atoms with van der Waals surface area (Å²) in [6, 6.07) is 0.209. The molecular weight excluding hydrogens is 212 g/mol. The molecule has 0 aromatic carbocycles. The molecule has 0 saturated heterocycles. The molecule has 58 valence electrons. The van der Waals surface area contributed by atoms with Crippen molar-refractivity contribution in [3.8, 4) is 6.01 Å². The smallest absolute Gasteiger partial charge is 0.316 e. The van der Waals surface area contributed by atoms with Gasteiger partial charge >= 0.3 is 6.01 Å². The van der Waals surface area contributed by atoms with Crippen LogP contribution >= 0.6 is 15.9 Å². The predicted molar refractivity (Wildman–Crippen MR) is 41.3 cm³/mol. The van der Waals surface area contributed by atoms with E-state index >= 15 is 0 Å². The molecule has 0 aliphatic carbocycles. The molecule has 0 aliphatic heterocycles. The van der Waals surface area contributed by atoms with Crippen LogP contribution in [0.3, 0.4) is 0 Å². The van der Waals surface area contributed by atoms with Crippen molar-refractivity contribution in [2.24, 2.45) is 0 Å². The van der Waals surface area contributed by atoms with Crippen molar-refractivity contribution in [3.05, 3.63) is 16.9 Å². The maximum Gasteiger partial charge on any atom is 0.316 e. The van der Waals surface area contributed by atoms with E-state index < -0.39 is 0 Å². The molecule has 1 rings (SSSR count). The standard InChI is InChI=1S/C6H5BrN2O2/c7-5-3-8-6(9-4-5)11-2-1-10/h1,3-4H,2H2. The lowest BCUT2D eigenvalue weighted by Crippen LogP contribution is -2.00. The molecule has 4 nitrogen and oxygen atoms in total. The van der Waals surface area contributed by atoms with Gasteiger partial charge in [-0.2, -0.15) is 0 Å². The zero-order valence-electron chi connectivity index (χ0n) is 5.53. The minimum Gasteiger partial charge on any atom is -0.456 e. The van der Waals surface area contributed by atoms with E-state index in [0.29, 0.717) is 6.29 Å². The van der Waals surface area contributed by atoms with E-state index in [1.807, 2.05) is 0 Å². The normalized spacial score (nSPS) is 9.18. The average molecular weight is 217 g/mol. The summed E-state index contributed by atoms with van der Waals surface area (Å²) in [6.07, 6.45) is 3.74. The highest BCUT2D eigenvalue weighted by atomic mass is 79.9. The number of carbonyl (C=O) groups excluding carboxylic acids is 1. The highest BCUT2D eigenvalue weighted by Crippen LogP contribution is 2.07. The van der Waals surface area contributed by atoms with E-state index in [2.05, 4.69) is 25.9 Å². The largest absolute Gasteiger partial charge is 0.456 e. The molecule has 0 aliphatic rings. The second kappa shape index (κ2) is 4.02. The van der Waals surface area contributed by atoms with Crippen molar-refractivity contribution in [1.29, 1.82) is 0 Å². The van der Waals surface area contributed by atoms with Crippen LogP contribution in [0.2, 0.25) is 0 Å². The molecule has 0 unspecified atom stereocenters. The summed E-state index contributed by atoms with van der Waals surface area (Å²) in [7, 11) is 0. The van der Waals surface area contributed by atoms with E-state index in [1.54, 1.807) is 12.4 Å². The van der Waals surface area contributed by atoms with Gasteiger partial charge in [-0.25, -0.2) is 9.97 Å². The van der Waals surface area contributed by atoms with Gasteiger partial charge in [0.05, 0.1) is 4.47 Å². The van der Waals surface area contributed by atoms with Crippen LogP contribution in [0.15, 0.2) is 16.9 Å². The third-order valence-corrected chi connectivity index (χ3v) is 1.29. The van der Waals surface area contributed by atoms with Gasteiger partial charge in [-0.05, 0) is 15.9 Å². The molecule has 5 heteroatoms. The Hall–Kier alpha value is -0.970. The first-order chi connectivity index (χ1) is 5.33. The van der Waals surface area contributed by atoms with Crippen LogP contribution in [0.4, 0.5) is 0 Å². The molecule has 0 spiro atoms. The van der Waals surface area contributed by atoms with Crippen molar-refractivity contribution < 1.29 is 9.53 Å². The van der Waals surface area contributed by atoms with E-state index in [9.17, 15) is 4.79 Å². The van der Waals surface area contributed by atoms with Crippen molar-refractivity contribution in [2.45, 2.75) is 0 Å². The Morgan fingerprint density at radius 3 is 2.73 bits per heavy atom. The fraction of sp³-hybridized carbons (Fsp3) is 0.167.